The van der Waals surface area contributed by atoms with Crippen LogP contribution < -0.4 is 10.4 Å². The molecule has 2 aromatic heterocycles. The minimum Gasteiger partial charge on any atom is -0.413 e. The Balaban J connectivity index is 2.44. The lowest BCUT2D eigenvalue weighted by molar-refractivity contribution is 0.170. The summed E-state index contributed by atoms with van der Waals surface area (Å²) in [5.41, 5.74) is 2.29. The zero-order valence-corrected chi connectivity index (χ0v) is 13.7. The molecule has 5 heteroatoms. The predicted octanol–water partition coefficient (Wildman–Crippen LogP) is 3.47. The smallest absolute Gasteiger partial charge is 0.308 e. The van der Waals surface area contributed by atoms with E-state index in [2.05, 4.69) is 22.0 Å². The molecule has 2 aromatic carbocycles. The first-order valence-corrected chi connectivity index (χ1v) is 7.68. The standard InChI is InChI=1S/C17H13BrN2O2/c1-19-13-6-4-3-5-11(13)15-12-8-7-10(18)9-14(12)20(22-2)17(21)16(15)19/h3-9H,1-2H3. The van der Waals surface area contributed by atoms with Gasteiger partial charge in [-0.2, -0.15) is 0 Å². The Hall–Kier alpha value is -2.27. The van der Waals surface area contributed by atoms with Crippen molar-refractivity contribution in [1.82, 2.24) is 9.30 Å². The molecule has 110 valence electrons. The molecule has 0 saturated carbocycles. The summed E-state index contributed by atoms with van der Waals surface area (Å²) in [6.45, 7) is 0. The maximum atomic E-state index is 12.9. The van der Waals surface area contributed by atoms with Gasteiger partial charge in [0.05, 0.1) is 5.52 Å². The molecule has 0 fully saturated rings. The van der Waals surface area contributed by atoms with Gasteiger partial charge in [-0.1, -0.05) is 40.2 Å². The zero-order chi connectivity index (χ0) is 15.4. The maximum Gasteiger partial charge on any atom is 0.308 e. The fourth-order valence-electron chi connectivity index (χ4n) is 3.19. The van der Waals surface area contributed by atoms with Crippen LogP contribution in [0.15, 0.2) is 51.7 Å². The molecule has 4 nitrogen and oxygen atoms in total. The topological polar surface area (TPSA) is 36.2 Å². The van der Waals surface area contributed by atoms with Gasteiger partial charge in [-0.15, -0.1) is 4.73 Å². The molecule has 0 amide bonds. The van der Waals surface area contributed by atoms with Crippen LogP contribution in [0.25, 0.3) is 32.7 Å². The number of benzene rings is 2. The van der Waals surface area contributed by atoms with E-state index in [1.54, 1.807) is 0 Å². The number of para-hydroxylation sites is 1. The Labute approximate surface area is 134 Å². The summed E-state index contributed by atoms with van der Waals surface area (Å²) in [5, 5.41) is 3.04. The van der Waals surface area contributed by atoms with Crippen molar-refractivity contribution in [2.24, 2.45) is 7.05 Å². The fourth-order valence-corrected chi connectivity index (χ4v) is 3.54. The van der Waals surface area contributed by atoms with Crippen molar-refractivity contribution >= 4 is 48.6 Å². The number of aromatic nitrogens is 2. The first-order chi connectivity index (χ1) is 10.6. The van der Waals surface area contributed by atoms with Crippen LogP contribution in [-0.4, -0.2) is 16.4 Å². The second kappa shape index (κ2) is 4.61. The van der Waals surface area contributed by atoms with Crippen LogP contribution in [0, 0.1) is 0 Å². The molecule has 0 aliphatic heterocycles. The number of fused-ring (bicyclic) bond motifs is 5. The molecule has 0 N–H and O–H groups in total. The highest BCUT2D eigenvalue weighted by Crippen LogP contribution is 2.32. The molecule has 4 rings (SSSR count). The number of hydrogen-bond acceptors (Lipinski definition) is 2. The summed E-state index contributed by atoms with van der Waals surface area (Å²) >= 11 is 3.46. The molecule has 2 heterocycles. The van der Waals surface area contributed by atoms with E-state index in [-0.39, 0.29) is 5.56 Å². The van der Waals surface area contributed by atoms with Gasteiger partial charge < -0.3 is 9.40 Å². The third kappa shape index (κ3) is 1.60. The van der Waals surface area contributed by atoms with Gasteiger partial charge in [-0.3, -0.25) is 4.79 Å². The number of aryl methyl sites for hydroxylation is 1. The zero-order valence-electron chi connectivity index (χ0n) is 12.1. The highest BCUT2D eigenvalue weighted by Gasteiger charge is 2.18. The van der Waals surface area contributed by atoms with Gasteiger partial charge in [0.15, 0.2) is 0 Å². The highest BCUT2D eigenvalue weighted by molar-refractivity contribution is 9.10. The summed E-state index contributed by atoms with van der Waals surface area (Å²) < 4.78 is 4.19. The van der Waals surface area contributed by atoms with Gasteiger partial charge in [-0.05, 0) is 18.2 Å². The van der Waals surface area contributed by atoms with E-state index in [4.69, 9.17) is 4.84 Å². The van der Waals surface area contributed by atoms with Crippen molar-refractivity contribution < 1.29 is 4.84 Å². The predicted molar refractivity (Wildman–Crippen MR) is 92.4 cm³/mol. The van der Waals surface area contributed by atoms with Crippen molar-refractivity contribution in [2.75, 3.05) is 7.11 Å². The van der Waals surface area contributed by atoms with Crippen LogP contribution >= 0.6 is 15.9 Å². The first-order valence-electron chi connectivity index (χ1n) is 6.89. The largest absolute Gasteiger partial charge is 0.413 e. The minimum atomic E-state index is -0.151. The van der Waals surface area contributed by atoms with Gasteiger partial charge in [0.25, 0.3) is 0 Å². The number of nitrogens with zero attached hydrogens (tertiary/aromatic N) is 2. The minimum absolute atomic E-state index is 0.151. The Morgan fingerprint density at radius 1 is 1.05 bits per heavy atom. The highest BCUT2D eigenvalue weighted by atomic mass is 79.9. The van der Waals surface area contributed by atoms with E-state index in [1.807, 2.05) is 48.0 Å². The lowest BCUT2D eigenvalue weighted by Crippen LogP contribution is -2.26. The molecule has 0 aliphatic carbocycles. The van der Waals surface area contributed by atoms with Crippen molar-refractivity contribution in [1.29, 1.82) is 0 Å². The van der Waals surface area contributed by atoms with Gasteiger partial charge in [0, 0.05) is 33.2 Å². The van der Waals surface area contributed by atoms with Crippen molar-refractivity contribution in [3.8, 4) is 0 Å². The maximum absolute atomic E-state index is 12.9. The molecule has 0 saturated heterocycles. The molecular weight excluding hydrogens is 344 g/mol. The fraction of sp³-hybridized carbons (Fsp3) is 0.118. The Bertz CT molecular complexity index is 1110. The molecule has 0 atom stereocenters. The lowest BCUT2D eigenvalue weighted by Gasteiger charge is -2.10. The van der Waals surface area contributed by atoms with E-state index in [0.29, 0.717) is 5.52 Å². The van der Waals surface area contributed by atoms with Crippen LogP contribution in [0.3, 0.4) is 0 Å². The van der Waals surface area contributed by atoms with Gasteiger partial charge >= 0.3 is 5.56 Å². The molecule has 0 radical (unpaired) electrons. The molecule has 0 aliphatic rings. The third-order valence-corrected chi connectivity index (χ3v) is 4.62. The second-order valence-corrected chi connectivity index (χ2v) is 6.16. The summed E-state index contributed by atoms with van der Waals surface area (Å²) in [6.07, 6.45) is 0. The van der Waals surface area contributed by atoms with Crippen LogP contribution in [0.1, 0.15) is 0 Å². The normalized spacial score (nSPS) is 11.6. The average Bonchev–Trinajstić information content (AvgIpc) is 2.82. The summed E-state index contributed by atoms with van der Waals surface area (Å²) in [4.78, 5) is 18.2. The monoisotopic (exact) mass is 356 g/mol. The van der Waals surface area contributed by atoms with E-state index < -0.39 is 0 Å². The molecule has 22 heavy (non-hydrogen) atoms. The SMILES string of the molecule is COn1c(=O)c2c(c3ccc(Br)cc31)c1ccccc1n2C. The molecular formula is C17H13BrN2O2. The van der Waals surface area contributed by atoms with Crippen LogP contribution in [0.5, 0.6) is 0 Å². The van der Waals surface area contributed by atoms with Crippen molar-refractivity contribution in [3.63, 3.8) is 0 Å². The summed E-state index contributed by atoms with van der Waals surface area (Å²) in [7, 11) is 3.42. The first kappa shape index (κ1) is 13.4. The van der Waals surface area contributed by atoms with E-state index in [9.17, 15) is 4.79 Å². The van der Waals surface area contributed by atoms with E-state index >= 15 is 0 Å². The summed E-state index contributed by atoms with van der Waals surface area (Å²) in [5.74, 6) is 0. The number of rotatable bonds is 1. The quantitative estimate of drug-likeness (QED) is 0.523. The number of hydrogen-bond donors (Lipinski definition) is 0. The van der Waals surface area contributed by atoms with Gasteiger partial charge in [0.2, 0.25) is 0 Å². The molecule has 0 bridgehead atoms. The summed E-state index contributed by atoms with van der Waals surface area (Å²) in [6, 6.07) is 14.0. The van der Waals surface area contributed by atoms with Crippen LogP contribution in [0.2, 0.25) is 0 Å². The number of halogens is 1. The number of pyridine rings is 1. The third-order valence-electron chi connectivity index (χ3n) is 4.12. The lowest BCUT2D eigenvalue weighted by atomic mass is 10.1. The van der Waals surface area contributed by atoms with Gasteiger partial charge in [0.1, 0.15) is 12.6 Å². The average molecular weight is 357 g/mol. The Morgan fingerprint density at radius 2 is 1.77 bits per heavy atom. The molecule has 4 aromatic rings. The Kier molecular flexibility index (Phi) is 2.81. The van der Waals surface area contributed by atoms with Gasteiger partial charge in [-0.25, -0.2) is 0 Å². The molecule has 0 unspecified atom stereocenters. The van der Waals surface area contributed by atoms with Crippen molar-refractivity contribution in [2.45, 2.75) is 0 Å². The molecule has 0 spiro atoms. The van der Waals surface area contributed by atoms with Crippen LogP contribution in [0.4, 0.5) is 0 Å². The Morgan fingerprint density at radius 3 is 2.55 bits per heavy atom. The van der Waals surface area contributed by atoms with Crippen LogP contribution in [-0.2, 0) is 7.05 Å². The second-order valence-electron chi connectivity index (χ2n) is 5.24. The van der Waals surface area contributed by atoms with Crippen molar-refractivity contribution in [3.05, 3.63) is 57.3 Å². The van der Waals surface area contributed by atoms with E-state index in [1.165, 1.54) is 11.8 Å². The van der Waals surface area contributed by atoms with E-state index in [0.717, 1.165) is 31.7 Å².